The molecule has 0 aliphatic heterocycles. The van der Waals surface area contributed by atoms with Crippen molar-refractivity contribution in [1.82, 2.24) is 9.13 Å². The van der Waals surface area contributed by atoms with Crippen LogP contribution < -0.4 is 5.73 Å². The van der Waals surface area contributed by atoms with Gasteiger partial charge in [-0.05, 0) is 64.4 Å². The summed E-state index contributed by atoms with van der Waals surface area (Å²) in [5.41, 5.74) is 16.2. The Morgan fingerprint density at radius 1 is 0.451 bits per heavy atom. The molecule has 4 heteroatoms. The van der Waals surface area contributed by atoms with E-state index in [2.05, 4.69) is 143 Å². The number of rotatable bonds is 5. The maximum atomic E-state index is 8.67. The van der Waals surface area contributed by atoms with Gasteiger partial charge in [-0.25, -0.2) is 0 Å². The fraction of sp³-hybridized carbons (Fsp3) is 0. The summed E-state index contributed by atoms with van der Waals surface area (Å²) >= 11 is 0. The monoisotopic (exact) mass is 652 g/mol. The molecule has 0 aliphatic carbocycles. The minimum atomic E-state index is 0.382. The summed E-state index contributed by atoms with van der Waals surface area (Å²) in [4.78, 5) is 0. The number of para-hydroxylation sites is 3. The van der Waals surface area contributed by atoms with Crippen LogP contribution in [0, 0.1) is 5.41 Å². The van der Waals surface area contributed by atoms with Gasteiger partial charge in [0.25, 0.3) is 0 Å². The third-order valence-corrected chi connectivity index (χ3v) is 10.3. The smallest absolute Gasteiger partial charge is 0.0632 e. The number of nitrogens with two attached hydrogens (primary N) is 1. The highest BCUT2D eigenvalue weighted by Crippen LogP contribution is 2.43. The molecule has 2 heterocycles. The number of hydrogen-bond acceptors (Lipinski definition) is 2. The van der Waals surface area contributed by atoms with Gasteiger partial charge in [0.1, 0.15) is 0 Å². The molecule has 0 atom stereocenters. The molecule has 0 unspecified atom stereocenters. The average Bonchev–Trinajstić information content (AvgIpc) is 3.72. The summed E-state index contributed by atoms with van der Waals surface area (Å²) in [5, 5.41) is 18.4. The topological polar surface area (TPSA) is 59.7 Å². The van der Waals surface area contributed by atoms with Crippen molar-refractivity contribution >= 4 is 76.6 Å². The summed E-state index contributed by atoms with van der Waals surface area (Å²) in [7, 11) is 0. The van der Waals surface area contributed by atoms with Crippen molar-refractivity contribution in [3.8, 4) is 11.4 Å². The molecule has 2 aromatic heterocycles. The quantitative estimate of drug-likeness (QED) is 0.141. The van der Waals surface area contributed by atoms with Crippen molar-refractivity contribution in [2.45, 2.75) is 0 Å². The first-order valence-electron chi connectivity index (χ1n) is 17.2. The predicted molar refractivity (Wildman–Crippen MR) is 216 cm³/mol. The van der Waals surface area contributed by atoms with Crippen molar-refractivity contribution in [3.63, 3.8) is 0 Å². The lowest BCUT2D eigenvalue weighted by molar-refractivity contribution is 1.18. The molecular weight excluding hydrogens is 621 g/mol. The van der Waals surface area contributed by atoms with Gasteiger partial charge in [0, 0.05) is 49.4 Å². The van der Waals surface area contributed by atoms with Gasteiger partial charge in [0.2, 0.25) is 0 Å². The number of fused-ring (bicyclic) bond motifs is 11. The SMILES string of the molecule is N=C(/C=C(\N)c1cccc(-n2c3ccccc3c3ccc4c(ccc5ccc6c7ccccc7n(-c7ccccc7)c6c54)c32)c1)c1ccccc1. The van der Waals surface area contributed by atoms with Crippen LogP contribution in [0.25, 0.3) is 82.2 Å². The Morgan fingerprint density at radius 2 is 0.961 bits per heavy atom. The zero-order chi connectivity index (χ0) is 34.1. The predicted octanol–water partition coefficient (Wildman–Crippen LogP) is 11.6. The van der Waals surface area contributed by atoms with Crippen molar-refractivity contribution in [2.75, 3.05) is 0 Å². The Hall–Kier alpha value is -6.91. The third kappa shape index (κ3) is 4.43. The summed E-state index contributed by atoms with van der Waals surface area (Å²) in [6, 6.07) is 59.8. The third-order valence-electron chi connectivity index (χ3n) is 10.3. The molecule has 0 saturated heterocycles. The van der Waals surface area contributed by atoms with E-state index in [1.807, 2.05) is 36.4 Å². The molecule has 8 aromatic carbocycles. The molecule has 51 heavy (non-hydrogen) atoms. The van der Waals surface area contributed by atoms with Crippen molar-refractivity contribution in [2.24, 2.45) is 5.73 Å². The number of benzene rings is 8. The van der Waals surface area contributed by atoms with E-state index in [-0.39, 0.29) is 0 Å². The maximum Gasteiger partial charge on any atom is 0.0632 e. The molecule has 10 aromatic rings. The number of allylic oxidation sites excluding steroid dienone is 1. The fourth-order valence-electron chi connectivity index (χ4n) is 8.02. The average molecular weight is 653 g/mol. The Kier molecular flexibility index (Phi) is 6.45. The van der Waals surface area contributed by atoms with Crippen LogP contribution in [0.2, 0.25) is 0 Å². The second kappa shape index (κ2) is 11.3. The zero-order valence-electron chi connectivity index (χ0n) is 27.7. The van der Waals surface area contributed by atoms with Gasteiger partial charge in [0.15, 0.2) is 0 Å². The van der Waals surface area contributed by atoms with Crippen LogP contribution in [0.1, 0.15) is 11.1 Å². The summed E-state index contributed by atoms with van der Waals surface area (Å²) in [6.45, 7) is 0. The highest BCUT2D eigenvalue weighted by Gasteiger charge is 2.20. The van der Waals surface area contributed by atoms with E-state index in [1.54, 1.807) is 6.08 Å². The van der Waals surface area contributed by atoms with Crippen LogP contribution in [0.4, 0.5) is 0 Å². The van der Waals surface area contributed by atoms with E-state index in [0.29, 0.717) is 11.4 Å². The van der Waals surface area contributed by atoms with Gasteiger partial charge in [-0.2, -0.15) is 0 Å². The lowest BCUT2D eigenvalue weighted by Crippen LogP contribution is -2.03. The van der Waals surface area contributed by atoms with Crippen LogP contribution in [0.3, 0.4) is 0 Å². The molecule has 10 rings (SSSR count). The van der Waals surface area contributed by atoms with Crippen LogP contribution >= 0.6 is 0 Å². The van der Waals surface area contributed by atoms with Crippen LogP contribution in [0.5, 0.6) is 0 Å². The lowest BCUT2D eigenvalue weighted by atomic mass is 9.97. The Balaban J connectivity index is 1.28. The van der Waals surface area contributed by atoms with Gasteiger partial charge in [-0.15, -0.1) is 0 Å². The molecule has 0 radical (unpaired) electrons. The van der Waals surface area contributed by atoms with Crippen molar-refractivity contribution < 1.29 is 0 Å². The molecule has 0 fully saturated rings. The highest BCUT2D eigenvalue weighted by atomic mass is 15.0. The summed E-state index contributed by atoms with van der Waals surface area (Å²) < 4.78 is 4.81. The van der Waals surface area contributed by atoms with E-state index in [9.17, 15) is 0 Å². The Morgan fingerprint density at radius 3 is 1.67 bits per heavy atom. The van der Waals surface area contributed by atoms with E-state index >= 15 is 0 Å². The second-order valence-electron chi connectivity index (χ2n) is 13.2. The maximum absolute atomic E-state index is 8.67. The molecule has 4 nitrogen and oxygen atoms in total. The van der Waals surface area contributed by atoms with Crippen LogP contribution in [-0.4, -0.2) is 14.8 Å². The largest absolute Gasteiger partial charge is 0.398 e. The molecule has 240 valence electrons. The normalized spacial score (nSPS) is 12.2. The minimum Gasteiger partial charge on any atom is -0.398 e. The van der Waals surface area contributed by atoms with E-state index in [1.165, 1.54) is 54.1 Å². The van der Waals surface area contributed by atoms with E-state index < -0.39 is 0 Å². The van der Waals surface area contributed by atoms with Gasteiger partial charge in [-0.3, -0.25) is 0 Å². The van der Waals surface area contributed by atoms with Crippen molar-refractivity contribution in [1.29, 1.82) is 5.41 Å². The lowest BCUT2D eigenvalue weighted by Gasteiger charge is -2.14. The first-order valence-corrected chi connectivity index (χ1v) is 17.2. The molecule has 3 N–H and O–H groups in total. The van der Waals surface area contributed by atoms with Gasteiger partial charge >= 0.3 is 0 Å². The minimum absolute atomic E-state index is 0.382. The van der Waals surface area contributed by atoms with Gasteiger partial charge in [-0.1, -0.05) is 133 Å². The van der Waals surface area contributed by atoms with E-state index in [0.717, 1.165) is 33.5 Å². The van der Waals surface area contributed by atoms with Crippen molar-refractivity contribution in [3.05, 3.63) is 187 Å². The number of hydrogen-bond donors (Lipinski definition) is 2. The first kappa shape index (κ1) is 29.0. The molecule has 0 spiro atoms. The summed E-state index contributed by atoms with van der Waals surface area (Å²) in [5.74, 6) is 0. The second-order valence-corrected chi connectivity index (χ2v) is 13.2. The Bertz CT molecular complexity index is 3040. The number of nitrogens with one attached hydrogen (secondary N) is 1. The first-order chi connectivity index (χ1) is 25.2. The highest BCUT2D eigenvalue weighted by molar-refractivity contribution is 6.29. The van der Waals surface area contributed by atoms with Gasteiger partial charge in [0.05, 0.1) is 27.8 Å². The zero-order valence-corrected chi connectivity index (χ0v) is 27.7. The molecular formula is C47H32N4. The molecule has 0 saturated carbocycles. The standard InChI is InChI=1S/C47H32N4/c48-41(30-12-3-1-4-13-30)29-42(49)32-14-11-17-34(28-32)51-44-21-10-7-18-35(44)38-27-26-37-40(46(38)51)25-23-31-22-24-39-36-19-8-9-20-43(36)50(47(39)45(31)37)33-15-5-2-6-16-33/h1-29,48H,49H2/b42-29-,48-41?. The Labute approximate surface area is 294 Å². The van der Waals surface area contributed by atoms with Crippen LogP contribution in [0.15, 0.2) is 176 Å². The van der Waals surface area contributed by atoms with E-state index in [4.69, 9.17) is 11.1 Å². The molecule has 0 amide bonds. The summed E-state index contributed by atoms with van der Waals surface area (Å²) in [6.07, 6.45) is 1.75. The number of nitrogens with zero attached hydrogens (tertiary/aromatic N) is 2. The molecule has 0 bridgehead atoms. The fourth-order valence-corrected chi connectivity index (χ4v) is 8.02. The number of aromatic nitrogens is 2. The molecule has 0 aliphatic rings. The van der Waals surface area contributed by atoms with Crippen LogP contribution in [-0.2, 0) is 0 Å². The van der Waals surface area contributed by atoms with Gasteiger partial charge < -0.3 is 20.3 Å².